The Balaban J connectivity index is 0.000000315. The van der Waals surface area contributed by atoms with E-state index < -0.39 is 23.8 Å². The smallest absolute Gasteiger partial charge is 0.335 e. The number of carboxylic acids is 2. The lowest BCUT2D eigenvalue weighted by Crippen LogP contribution is -2.40. The predicted octanol–water partition coefficient (Wildman–Crippen LogP) is 6.83. The number of rotatable bonds is 5. The normalized spacial score (nSPS) is 12.4. The van der Waals surface area contributed by atoms with E-state index in [1.807, 2.05) is 24.3 Å². The minimum atomic E-state index is -1.10. The Hall–Kier alpha value is -6.94. The Kier molecular flexibility index (Phi) is 6.91. The second kappa shape index (κ2) is 11.1. The molecule has 0 radical (unpaired) electrons. The first kappa shape index (κ1) is 29.8. The fourth-order valence-electron chi connectivity index (χ4n) is 6.44. The van der Waals surface area contributed by atoms with Crippen molar-refractivity contribution in [3.63, 3.8) is 0 Å². The number of aromatic carboxylic acids is 2. The monoisotopic (exact) mass is 634 g/mol. The quantitative estimate of drug-likeness (QED) is 0.0603. The standard InChI is InChI=1S/C31H15NO6.C7H7NO2/c33-13-16-3-7-19-21-9-11-23-28-24(30(36)32(29(23)35)18-5-1-15(2-6-18)31(37)38)12-10-22(27(21)28)20-8-4-17(14-34)25(16)26(19)20;8-6-3-1-5(2-4-6)7(9)10/h1-14H,(H,37,38);1-4H,8H2,(H,9,10). The van der Waals surface area contributed by atoms with Gasteiger partial charge in [0.15, 0.2) is 12.6 Å². The number of nitrogen functional groups attached to an aromatic ring is 1. The van der Waals surface area contributed by atoms with Gasteiger partial charge in [0.1, 0.15) is 0 Å². The molecular weight excluding hydrogens is 612 g/mol. The Morgan fingerprint density at radius 1 is 0.521 bits per heavy atom. The minimum Gasteiger partial charge on any atom is -0.478 e. The van der Waals surface area contributed by atoms with Crippen molar-refractivity contribution >= 4 is 90.8 Å². The maximum atomic E-state index is 13.7. The van der Waals surface area contributed by atoms with Gasteiger partial charge >= 0.3 is 11.9 Å². The van der Waals surface area contributed by atoms with Crippen LogP contribution >= 0.6 is 0 Å². The van der Waals surface area contributed by atoms with E-state index in [-0.39, 0.29) is 16.8 Å². The van der Waals surface area contributed by atoms with Crippen LogP contribution in [0.1, 0.15) is 62.1 Å². The van der Waals surface area contributed by atoms with Gasteiger partial charge in [-0.15, -0.1) is 0 Å². The number of benzene rings is 7. The molecule has 10 nitrogen and oxygen atoms in total. The van der Waals surface area contributed by atoms with Crippen molar-refractivity contribution in [2.75, 3.05) is 10.6 Å². The summed E-state index contributed by atoms with van der Waals surface area (Å²) in [6, 6.07) is 25.7. The summed E-state index contributed by atoms with van der Waals surface area (Å²) in [5.74, 6) is -3.04. The van der Waals surface area contributed by atoms with Crippen molar-refractivity contribution in [1.82, 2.24) is 0 Å². The molecule has 0 unspecified atom stereocenters. The van der Waals surface area contributed by atoms with Gasteiger partial charge in [0.05, 0.1) is 16.8 Å². The number of hydrogen-bond acceptors (Lipinski definition) is 7. The molecule has 232 valence electrons. The molecule has 7 aromatic carbocycles. The summed E-state index contributed by atoms with van der Waals surface area (Å²) in [5, 5.41) is 23.5. The highest BCUT2D eigenvalue weighted by Gasteiger charge is 2.35. The maximum absolute atomic E-state index is 13.7. The fourth-order valence-corrected chi connectivity index (χ4v) is 6.44. The number of nitrogens with two attached hydrogens (primary N) is 1. The summed E-state index contributed by atoms with van der Waals surface area (Å²) >= 11 is 0. The fraction of sp³-hybridized carbons (Fsp3) is 0. The van der Waals surface area contributed by atoms with E-state index in [4.69, 9.17) is 10.8 Å². The first-order chi connectivity index (χ1) is 23.1. The van der Waals surface area contributed by atoms with E-state index in [1.54, 1.807) is 36.4 Å². The van der Waals surface area contributed by atoms with E-state index in [1.165, 1.54) is 36.4 Å². The molecule has 8 rings (SSSR count). The number of carbonyl (C=O) groups is 6. The summed E-state index contributed by atoms with van der Waals surface area (Å²) in [5.41, 5.74) is 8.04. The number of imide groups is 1. The van der Waals surface area contributed by atoms with Gasteiger partial charge in [-0.1, -0.05) is 36.4 Å². The molecule has 0 aromatic heterocycles. The van der Waals surface area contributed by atoms with Crippen LogP contribution in [0.5, 0.6) is 0 Å². The van der Waals surface area contributed by atoms with E-state index in [0.717, 1.165) is 49.8 Å². The van der Waals surface area contributed by atoms with Crippen molar-refractivity contribution < 1.29 is 39.0 Å². The molecule has 1 aliphatic rings. The molecular formula is C38H22N2O8. The lowest BCUT2D eigenvalue weighted by atomic mass is 9.83. The first-order valence-corrected chi connectivity index (χ1v) is 14.6. The molecule has 7 aromatic rings. The third-order valence-electron chi connectivity index (χ3n) is 8.62. The Labute approximate surface area is 270 Å². The zero-order valence-electron chi connectivity index (χ0n) is 24.8. The van der Waals surface area contributed by atoms with Crippen LogP contribution in [0.15, 0.2) is 97.1 Å². The average molecular weight is 635 g/mol. The van der Waals surface area contributed by atoms with Crippen LogP contribution < -0.4 is 10.6 Å². The zero-order valence-corrected chi connectivity index (χ0v) is 24.8. The summed E-state index contributed by atoms with van der Waals surface area (Å²) in [6.45, 7) is 0. The molecule has 0 spiro atoms. The molecule has 10 heteroatoms. The molecule has 2 amide bonds. The molecule has 1 aliphatic heterocycles. The average Bonchev–Trinajstić information content (AvgIpc) is 3.10. The number of fused-ring (bicyclic) bond motifs is 2. The number of aldehydes is 2. The zero-order chi connectivity index (χ0) is 33.9. The molecule has 0 bridgehead atoms. The number of carbonyl (C=O) groups excluding carboxylic acids is 4. The second-order valence-corrected chi connectivity index (χ2v) is 11.2. The second-order valence-electron chi connectivity index (χ2n) is 11.2. The van der Waals surface area contributed by atoms with Crippen molar-refractivity contribution in [3.8, 4) is 0 Å². The molecule has 48 heavy (non-hydrogen) atoms. The van der Waals surface area contributed by atoms with Crippen molar-refractivity contribution in [1.29, 1.82) is 0 Å². The number of carboxylic acid groups (broad SMARTS) is 2. The number of amides is 2. The van der Waals surface area contributed by atoms with Gasteiger partial charge in [-0.3, -0.25) is 19.2 Å². The predicted molar refractivity (Wildman–Crippen MR) is 181 cm³/mol. The van der Waals surface area contributed by atoms with Gasteiger partial charge in [0.2, 0.25) is 0 Å². The van der Waals surface area contributed by atoms with Crippen molar-refractivity contribution in [2.24, 2.45) is 0 Å². The summed E-state index contributed by atoms with van der Waals surface area (Å²) in [4.78, 5) is 73.6. The van der Waals surface area contributed by atoms with E-state index in [9.17, 15) is 33.9 Å². The summed E-state index contributed by atoms with van der Waals surface area (Å²) in [6.07, 6.45) is 1.47. The minimum absolute atomic E-state index is 0.0490. The van der Waals surface area contributed by atoms with E-state index in [0.29, 0.717) is 38.7 Å². The molecule has 1 heterocycles. The third kappa shape index (κ3) is 4.43. The number of nitrogens with zero attached hydrogens (tertiary/aromatic N) is 1. The van der Waals surface area contributed by atoms with Crippen LogP contribution in [0.3, 0.4) is 0 Å². The summed E-state index contributed by atoms with van der Waals surface area (Å²) in [7, 11) is 0. The van der Waals surface area contributed by atoms with Crippen LogP contribution in [0.2, 0.25) is 0 Å². The number of hydrogen-bond donors (Lipinski definition) is 3. The topological polar surface area (TPSA) is 172 Å². The lowest BCUT2D eigenvalue weighted by molar-refractivity contribution is 0.0686. The van der Waals surface area contributed by atoms with Crippen LogP contribution in [0.25, 0.3) is 43.1 Å². The third-order valence-corrected chi connectivity index (χ3v) is 8.62. The van der Waals surface area contributed by atoms with Crippen LogP contribution in [0.4, 0.5) is 11.4 Å². The van der Waals surface area contributed by atoms with Gasteiger partial charge in [-0.05, 0) is 93.0 Å². The Bertz CT molecular complexity index is 2420. The largest absolute Gasteiger partial charge is 0.478 e. The highest BCUT2D eigenvalue weighted by molar-refractivity contribution is 6.42. The van der Waals surface area contributed by atoms with E-state index in [2.05, 4.69) is 0 Å². The molecule has 0 saturated heterocycles. The Morgan fingerprint density at radius 2 is 0.917 bits per heavy atom. The van der Waals surface area contributed by atoms with Crippen LogP contribution in [-0.4, -0.2) is 46.5 Å². The molecule has 4 N–H and O–H groups in total. The maximum Gasteiger partial charge on any atom is 0.335 e. The van der Waals surface area contributed by atoms with Gasteiger partial charge < -0.3 is 15.9 Å². The van der Waals surface area contributed by atoms with E-state index >= 15 is 0 Å². The highest BCUT2D eigenvalue weighted by Crippen LogP contribution is 2.45. The molecule has 0 atom stereocenters. The van der Waals surface area contributed by atoms with Gasteiger partial charge in [0, 0.05) is 38.7 Å². The molecule has 0 saturated carbocycles. The van der Waals surface area contributed by atoms with Gasteiger partial charge in [-0.2, -0.15) is 0 Å². The number of anilines is 2. The van der Waals surface area contributed by atoms with Crippen molar-refractivity contribution in [3.05, 3.63) is 130 Å². The summed E-state index contributed by atoms with van der Waals surface area (Å²) < 4.78 is 0. The van der Waals surface area contributed by atoms with Crippen molar-refractivity contribution in [2.45, 2.75) is 0 Å². The SMILES string of the molecule is Nc1ccc(C(=O)O)cc1.O=Cc1ccc2c3ccc4c5c(ccc(c6ccc(C=O)c1c26)c53)C(=O)N(c1ccc(C(=O)O)cc1)C4=O. The van der Waals surface area contributed by atoms with Crippen LogP contribution in [-0.2, 0) is 0 Å². The molecule has 0 aliphatic carbocycles. The lowest BCUT2D eigenvalue weighted by Gasteiger charge is -2.28. The first-order valence-electron chi connectivity index (χ1n) is 14.6. The van der Waals surface area contributed by atoms with Gasteiger partial charge in [-0.25, -0.2) is 14.5 Å². The highest BCUT2D eigenvalue weighted by atomic mass is 16.4. The van der Waals surface area contributed by atoms with Gasteiger partial charge in [0.25, 0.3) is 11.8 Å². The van der Waals surface area contributed by atoms with Crippen LogP contribution in [0, 0.1) is 0 Å². The molecule has 0 fully saturated rings. The Morgan fingerprint density at radius 3 is 1.33 bits per heavy atom.